The van der Waals surface area contributed by atoms with E-state index in [1.165, 1.54) is 0 Å². The van der Waals surface area contributed by atoms with Crippen molar-refractivity contribution in [3.8, 4) is 0 Å². The number of ether oxygens (including phenoxy) is 1. The fourth-order valence-corrected chi connectivity index (χ4v) is 2.05. The number of hydrogen-bond acceptors (Lipinski definition) is 4. The normalized spacial score (nSPS) is 12.2. The van der Waals surface area contributed by atoms with Crippen LogP contribution in [0.4, 0.5) is 0 Å². The molecule has 0 saturated heterocycles. The van der Waals surface area contributed by atoms with Gasteiger partial charge < -0.3 is 19.6 Å². The van der Waals surface area contributed by atoms with Gasteiger partial charge in [0.25, 0.3) is 5.91 Å². The molecule has 0 aromatic carbocycles. The average Bonchev–Trinajstić information content (AvgIpc) is 2.62. The number of rotatable bonds is 7. The molecular formula is C14H21NO5. The van der Waals surface area contributed by atoms with Crippen LogP contribution in [-0.2, 0) is 9.53 Å². The SMILES string of the molecule is COCCCC(NC(=O)c1c(C)oc(C)c1C)C(=O)O. The Morgan fingerprint density at radius 1 is 1.30 bits per heavy atom. The first-order valence-corrected chi connectivity index (χ1v) is 6.47. The van der Waals surface area contributed by atoms with Crippen LogP contribution in [-0.4, -0.2) is 36.7 Å². The Kier molecular flexibility index (Phi) is 5.76. The lowest BCUT2D eigenvalue weighted by molar-refractivity contribution is -0.139. The van der Waals surface area contributed by atoms with Crippen molar-refractivity contribution in [2.24, 2.45) is 0 Å². The number of carboxylic acid groups (broad SMARTS) is 1. The van der Waals surface area contributed by atoms with Crippen LogP contribution >= 0.6 is 0 Å². The minimum Gasteiger partial charge on any atom is -0.480 e. The van der Waals surface area contributed by atoms with Gasteiger partial charge in [0.15, 0.2) is 0 Å². The van der Waals surface area contributed by atoms with Gasteiger partial charge in [0, 0.05) is 19.3 Å². The Bertz CT molecular complexity index is 492. The number of nitrogens with one attached hydrogen (secondary N) is 1. The minimum absolute atomic E-state index is 0.323. The van der Waals surface area contributed by atoms with E-state index in [2.05, 4.69) is 5.32 Å². The number of carboxylic acids is 1. The fourth-order valence-electron chi connectivity index (χ4n) is 2.05. The molecule has 1 heterocycles. The summed E-state index contributed by atoms with van der Waals surface area (Å²) in [6.45, 7) is 5.70. The zero-order valence-corrected chi connectivity index (χ0v) is 12.3. The van der Waals surface area contributed by atoms with Crippen molar-refractivity contribution in [1.82, 2.24) is 5.32 Å². The second-order valence-corrected chi connectivity index (χ2v) is 4.71. The molecule has 112 valence electrons. The summed E-state index contributed by atoms with van der Waals surface area (Å²) in [5.74, 6) is -0.302. The first-order valence-electron chi connectivity index (χ1n) is 6.47. The second kappa shape index (κ2) is 7.09. The number of carbonyl (C=O) groups excluding carboxylic acids is 1. The molecule has 1 rings (SSSR count). The molecule has 1 unspecified atom stereocenters. The Labute approximate surface area is 118 Å². The molecule has 1 aromatic rings. The van der Waals surface area contributed by atoms with Crippen molar-refractivity contribution < 1.29 is 23.8 Å². The van der Waals surface area contributed by atoms with Crippen LogP contribution in [0.1, 0.15) is 40.3 Å². The number of methoxy groups -OCH3 is 1. The highest BCUT2D eigenvalue weighted by Gasteiger charge is 2.24. The molecule has 0 saturated carbocycles. The third-order valence-electron chi connectivity index (χ3n) is 3.23. The van der Waals surface area contributed by atoms with Crippen LogP contribution in [0.15, 0.2) is 4.42 Å². The fraction of sp³-hybridized carbons (Fsp3) is 0.571. The van der Waals surface area contributed by atoms with Gasteiger partial charge in [0.2, 0.25) is 0 Å². The number of aryl methyl sites for hydroxylation is 2. The number of amides is 1. The van der Waals surface area contributed by atoms with Gasteiger partial charge in [-0.2, -0.15) is 0 Å². The monoisotopic (exact) mass is 283 g/mol. The summed E-state index contributed by atoms with van der Waals surface area (Å²) in [4.78, 5) is 23.3. The first-order chi connectivity index (χ1) is 9.38. The largest absolute Gasteiger partial charge is 0.480 e. The van der Waals surface area contributed by atoms with Crippen LogP contribution in [0.2, 0.25) is 0 Å². The zero-order valence-electron chi connectivity index (χ0n) is 12.3. The van der Waals surface area contributed by atoms with Gasteiger partial charge in [-0.1, -0.05) is 0 Å². The van der Waals surface area contributed by atoms with Crippen molar-refractivity contribution in [3.63, 3.8) is 0 Å². The Balaban J connectivity index is 2.78. The van der Waals surface area contributed by atoms with Gasteiger partial charge in [-0.25, -0.2) is 4.79 Å². The van der Waals surface area contributed by atoms with Crippen molar-refractivity contribution in [1.29, 1.82) is 0 Å². The molecule has 0 bridgehead atoms. The van der Waals surface area contributed by atoms with Gasteiger partial charge in [-0.3, -0.25) is 4.79 Å². The lowest BCUT2D eigenvalue weighted by Gasteiger charge is -2.14. The average molecular weight is 283 g/mol. The van der Waals surface area contributed by atoms with Gasteiger partial charge in [0.05, 0.1) is 5.56 Å². The molecule has 0 aliphatic carbocycles. The second-order valence-electron chi connectivity index (χ2n) is 4.71. The summed E-state index contributed by atoms with van der Waals surface area (Å²) >= 11 is 0. The van der Waals surface area contributed by atoms with Crippen molar-refractivity contribution in [2.75, 3.05) is 13.7 Å². The molecule has 1 aromatic heterocycles. The van der Waals surface area contributed by atoms with Crippen LogP contribution in [0.3, 0.4) is 0 Å². The molecule has 2 N–H and O–H groups in total. The smallest absolute Gasteiger partial charge is 0.326 e. The van der Waals surface area contributed by atoms with Crippen LogP contribution in [0.5, 0.6) is 0 Å². The summed E-state index contributed by atoms with van der Waals surface area (Å²) in [5.41, 5.74) is 1.15. The lowest BCUT2D eigenvalue weighted by Crippen LogP contribution is -2.41. The van der Waals surface area contributed by atoms with E-state index in [0.29, 0.717) is 36.5 Å². The third-order valence-corrected chi connectivity index (χ3v) is 3.23. The molecule has 6 heteroatoms. The topological polar surface area (TPSA) is 88.8 Å². The molecule has 1 amide bonds. The van der Waals surface area contributed by atoms with E-state index in [4.69, 9.17) is 14.3 Å². The Morgan fingerprint density at radius 2 is 1.95 bits per heavy atom. The van der Waals surface area contributed by atoms with E-state index in [1.54, 1.807) is 27.9 Å². The van der Waals surface area contributed by atoms with Gasteiger partial charge >= 0.3 is 5.97 Å². The molecule has 0 radical (unpaired) electrons. The number of aliphatic carboxylic acids is 1. The highest BCUT2D eigenvalue weighted by Crippen LogP contribution is 2.20. The minimum atomic E-state index is -1.05. The van der Waals surface area contributed by atoms with Gasteiger partial charge in [-0.05, 0) is 33.6 Å². The number of hydrogen-bond donors (Lipinski definition) is 2. The molecule has 0 fully saturated rings. The highest BCUT2D eigenvalue weighted by molar-refractivity contribution is 5.98. The van der Waals surface area contributed by atoms with E-state index in [9.17, 15) is 9.59 Å². The molecule has 20 heavy (non-hydrogen) atoms. The summed E-state index contributed by atoms with van der Waals surface area (Å²) in [6.07, 6.45) is 0.889. The van der Waals surface area contributed by atoms with E-state index in [1.807, 2.05) is 0 Å². The van der Waals surface area contributed by atoms with Crippen LogP contribution < -0.4 is 5.32 Å². The summed E-state index contributed by atoms with van der Waals surface area (Å²) in [6, 6.07) is -0.924. The van der Waals surface area contributed by atoms with Crippen molar-refractivity contribution in [2.45, 2.75) is 39.7 Å². The highest BCUT2D eigenvalue weighted by atomic mass is 16.5. The van der Waals surface area contributed by atoms with Crippen LogP contribution in [0, 0.1) is 20.8 Å². The van der Waals surface area contributed by atoms with Crippen molar-refractivity contribution >= 4 is 11.9 Å². The molecule has 0 spiro atoms. The van der Waals surface area contributed by atoms with E-state index in [-0.39, 0.29) is 0 Å². The quantitative estimate of drug-likeness (QED) is 0.745. The maximum Gasteiger partial charge on any atom is 0.326 e. The molecule has 6 nitrogen and oxygen atoms in total. The Hall–Kier alpha value is -1.82. The van der Waals surface area contributed by atoms with Crippen molar-refractivity contribution in [3.05, 3.63) is 22.6 Å². The summed E-state index contributed by atoms with van der Waals surface area (Å²) in [7, 11) is 1.55. The molecule has 0 aliphatic rings. The molecule has 0 aliphatic heterocycles. The summed E-state index contributed by atoms with van der Waals surface area (Å²) in [5, 5.41) is 11.7. The van der Waals surface area contributed by atoms with E-state index >= 15 is 0 Å². The zero-order chi connectivity index (χ0) is 15.3. The maximum atomic E-state index is 12.2. The van der Waals surface area contributed by atoms with E-state index < -0.39 is 17.9 Å². The van der Waals surface area contributed by atoms with Gasteiger partial charge in [-0.15, -0.1) is 0 Å². The number of furan rings is 1. The predicted octanol–water partition coefficient (Wildman–Crippen LogP) is 1.81. The third kappa shape index (κ3) is 3.84. The molecular weight excluding hydrogens is 262 g/mol. The number of carbonyl (C=O) groups is 2. The standard InChI is InChI=1S/C14H21NO5/c1-8-9(2)20-10(3)12(8)13(16)15-11(14(17)18)6-5-7-19-4/h11H,5-7H2,1-4H3,(H,15,16)(H,17,18). The first kappa shape index (κ1) is 16.2. The maximum absolute atomic E-state index is 12.2. The van der Waals surface area contributed by atoms with Gasteiger partial charge in [0.1, 0.15) is 17.6 Å². The molecule has 1 atom stereocenters. The van der Waals surface area contributed by atoms with Crippen LogP contribution in [0.25, 0.3) is 0 Å². The summed E-state index contributed by atoms with van der Waals surface area (Å²) < 4.78 is 10.3. The predicted molar refractivity (Wildman–Crippen MR) is 72.9 cm³/mol. The van der Waals surface area contributed by atoms with E-state index in [0.717, 1.165) is 5.56 Å². The Morgan fingerprint density at radius 3 is 2.40 bits per heavy atom. The lowest BCUT2D eigenvalue weighted by atomic mass is 10.1.